The minimum absolute atomic E-state index is 0.135. The van der Waals surface area contributed by atoms with Gasteiger partial charge in [-0.3, -0.25) is 0 Å². The number of pyridine rings is 1. The van der Waals surface area contributed by atoms with Crippen LogP contribution in [0.5, 0.6) is 0 Å². The predicted molar refractivity (Wildman–Crippen MR) is 87.7 cm³/mol. The maximum Gasteiger partial charge on any atom is 0.248 e. The predicted octanol–water partition coefficient (Wildman–Crippen LogP) is 2.84. The average Bonchev–Trinajstić information content (AvgIpc) is 3.14. The van der Waals surface area contributed by atoms with Gasteiger partial charge in [0, 0.05) is 24.1 Å². The van der Waals surface area contributed by atoms with Crippen molar-refractivity contribution >= 4 is 11.0 Å². The Balaban J connectivity index is 1.54. The number of hydrogen-bond donors (Lipinski definition) is 0. The van der Waals surface area contributed by atoms with Gasteiger partial charge in [-0.2, -0.15) is 10.1 Å². The highest BCUT2D eigenvalue weighted by atomic mass is 16.5. The molecular weight excluding hydrogens is 306 g/mol. The second-order valence-corrected chi connectivity index (χ2v) is 7.07. The van der Waals surface area contributed by atoms with E-state index < -0.39 is 0 Å². The van der Waals surface area contributed by atoms with Crippen LogP contribution in [-0.4, -0.2) is 37.1 Å². The Morgan fingerprint density at radius 2 is 2.21 bits per heavy atom. The molecule has 0 N–H and O–H groups in total. The maximum atomic E-state index is 5.76. The van der Waals surface area contributed by atoms with E-state index in [2.05, 4.69) is 40.1 Å². The van der Waals surface area contributed by atoms with Gasteiger partial charge in [0.2, 0.25) is 5.89 Å². The van der Waals surface area contributed by atoms with Gasteiger partial charge in [-0.25, -0.2) is 9.67 Å². The molecule has 0 aromatic carbocycles. The van der Waals surface area contributed by atoms with Crippen molar-refractivity contribution in [2.75, 3.05) is 6.61 Å². The fourth-order valence-electron chi connectivity index (χ4n) is 3.28. The van der Waals surface area contributed by atoms with Crippen LogP contribution in [0.4, 0.5) is 0 Å². The first-order valence-electron chi connectivity index (χ1n) is 8.25. The van der Waals surface area contributed by atoms with Crippen molar-refractivity contribution in [3.63, 3.8) is 0 Å². The first-order chi connectivity index (χ1) is 11.5. The number of hydrogen-bond acceptors (Lipinski definition) is 6. The summed E-state index contributed by atoms with van der Waals surface area (Å²) >= 11 is 0. The van der Waals surface area contributed by atoms with Gasteiger partial charge in [0.05, 0.1) is 11.8 Å². The van der Waals surface area contributed by atoms with Crippen LogP contribution in [0.2, 0.25) is 0 Å². The van der Waals surface area contributed by atoms with E-state index in [1.165, 1.54) is 0 Å². The second kappa shape index (κ2) is 5.66. The maximum absolute atomic E-state index is 5.76. The molecule has 1 aliphatic heterocycles. The third-order valence-corrected chi connectivity index (χ3v) is 4.44. The lowest BCUT2D eigenvalue weighted by molar-refractivity contribution is -0.0604. The second-order valence-electron chi connectivity index (χ2n) is 7.07. The summed E-state index contributed by atoms with van der Waals surface area (Å²) in [4.78, 5) is 9.02. The number of aromatic nitrogens is 5. The molecule has 1 fully saturated rings. The molecule has 0 bridgehead atoms. The zero-order chi connectivity index (χ0) is 16.7. The molecule has 0 radical (unpaired) electrons. The molecule has 0 spiro atoms. The van der Waals surface area contributed by atoms with Crippen molar-refractivity contribution in [2.45, 2.75) is 51.7 Å². The lowest BCUT2D eigenvalue weighted by Gasteiger charge is -2.34. The highest BCUT2D eigenvalue weighted by molar-refractivity contribution is 5.74. The monoisotopic (exact) mass is 327 g/mol. The molecule has 24 heavy (non-hydrogen) atoms. The molecule has 0 amide bonds. The Bertz CT molecular complexity index is 867. The number of aryl methyl sites for hydroxylation is 1. The summed E-state index contributed by atoms with van der Waals surface area (Å²) in [5.41, 5.74) is 1.81. The molecule has 126 valence electrons. The van der Waals surface area contributed by atoms with Crippen molar-refractivity contribution in [1.82, 2.24) is 24.9 Å². The largest absolute Gasteiger partial charge is 0.376 e. The van der Waals surface area contributed by atoms with Crippen molar-refractivity contribution in [3.05, 3.63) is 35.7 Å². The van der Waals surface area contributed by atoms with Gasteiger partial charge >= 0.3 is 0 Å². The summed E-state index contributed by atoms with van der Waals surface area (Å²) in [5.74, 6) is 1.60. The SMILES string of the molecule is Cc1cnc2c(cnn2Cc2nc(C3CCOC(C)(C)C3)no2)c1. The Morgan fingerprint density at radius 3 is 3.04 bits per heavy atom. The van der Waals surface area contributed by atoms with Gasteiger partial charge < -0.3 is 9.26 Å². The standard InChI is InChI=1S/C17H21N5O2/c1-11-6-13-9-19-22(16(13)18-8-11)10-14-20-15(21-24-14)12-4-5-23-17(2,3)7-12/h6,8-9,12H,4-5,7,10H2,1-3H3. The summed E-state index contributed by atoms with van der Waals surface area (Å²) in [6, 6.07) is 2.06. The van der Waals surface area contributed by atoms with Gasteiger partial charge in [-0.05, 0) is 45.2 Å². The van der Waals surface area contributed by atoms with E-state index in [0.29, 0.717) is 12.4 Å². The molecule has 3 aromatic heterocycles. The Hall–Kier alpha value is -2.28. The van der Waals surface area contributed by atoms with Crippen LogP contribution in [0.1, 0.15) is 49.9 Å². The Morgan fingerprint density at radius 1 is 1.33 bits per heavy atom. The van der Waals surface area contributed by atoms with E-state index >= 15 is 0 Å². The molecular formula is C17H21N5O2. The van der Waals surface area contributed by atoms with Crippen molar-refractivity contribution in [1.29, 1.82) is 0 Å². The van der Waals surface area contributed by atoms with Crippen LogP contribution in [0.25, 0.3) is 11.0 Å². The molecule has 1 atom stereocenters. The van der Waals surface area contributed by atoms with E-state index in [1.54, 1.807) is 4.68 Å². The third kappa shape index (κ3) is 2.91. The number of fused-ring (bicyclic) bond motifs is 1. The van der Waals surface area contributed by atoms with Crippen LogP contribution in [0.15, 0.2) is 23.0 Å². The molecule has 1 aliphatic rings. The van der Waals surface area contributed by atoms with E-state index in [4.69, 9.17) is 9.26 Å². The van der Waals surface area contributed by atoms with E-state index in [0.717, 1.165) is 41.9 Å². The van der Waals surface area contributed by atoms with Gasteiger partial charge in [-0.1, -0.05) is 5.16 Å². The molecule has 1 saturated heterocycles. The summed E-state index contributed by atoms with van der Waals surface area (Å²) in [5, 5.41) is 9.57. The molecule has 0 aliphatic carbocycles. The molecule has 4 heterocycles. The Kier molecular flexibility index (Phi) is 3.60. The summed E-state index contributed by atoms with van der Waals surface area (Å²) in [6.45, 7) is 7.38. The highest BCUT2D eigenvalue weighted by Crippen LogP contribution is 2.34. The van der Waals surface area contributed by atoms with Crippen LogP contribution < -0.4 is 0 Å². The molecule has 1 unspecified atom stereocenters. The van der Waals surface area contributed by atoms with Crippen molar-refractivity contribution < 1.29 is 9.26 Å². The smallest absolute Gasteiger partial charge is 0.248 e. The molecule has 0 saturated carbocycles. The van der Waals surface area contributed by atoms with Gasteiger partial charge in [0.25, 0.3) is 0 Å². The van der Waals surface area contributed by atoms with Gasteiger partial charge in [0.15, 0.2) is 11.5 Å². The lowest BCUT2D eigenvalue weighted by Crippen LogP contribution is -2.33. The average molecular weight is 327 g/mol. The quantitative estimate of drug-likeness (QED) is 0.736. The first kappa shape index (κ1) is 15.3. The number of ether oxygens (including phenoxy) is 1. The number of nitrogens with zero attached hydrogens (tertiary/aromatic N) is 5. The zero-order valence-corrected chi connectivity index (χ0v) is 14.2. The summed E-state index contributed by atoms with van der Waals surface area (Å²) in [6.07, 6.45) is 5.48. The normalized spacial score (nSPS) is 20.5. The topological polar surface area (TPSA) is 78.9 Å². The minimum atomic E-state index is -0.135. The molecule has 3 aromatic rings. The zero-order valence-electron chi connectivity index (χ0n) is 14.2. The highest BCUT2D eigenvalue weighted by Gasteiger charge is 2.32. The van der Waals surface area contributed by atoms with Crippen LogP contribution >= 0.6 is 0 Å². The van der Waals surface area contributed by atoms with E-state index in [1.807, 2.05) is 19.3 Å². The van der Waals surface area contributed by atoms with E-state index in [9.17, 15) is 0 Å². The summed E-state index contributed by atoms with van der Waals surface area (Å²) in [7, 11) is 0. The molecule has 7 heteroatoms. The molecule has 4 rings (SSSR count). The van der Waals surface area contributed by atoms with E-state index in [-0.39, 0.29) is 11.5 Å². The minimum Gasteiger partial charge on any atom is -0.376 e. The Labute approximate surface area is 140 Å². The van der Waals surface area contributed by atoms with Gasteiger partial charge in [-0.15, -0.1) is 0 Å². The first-order valence-corrected chi connectivity index (χ1v) is 8.25. The van der Waals surface area contributed by atoms with Crippen LogP contribution in [0.3, 0.4) is 0 Å². The number of rotatable bonds is 3. The van der Waals surface area contributed by atoms with Gasteiger partial charge in [0.1, 0.15) is 6.54 Å². The van der Waals surface area contributed by atoms with Crippen molar-refractivity contribution in [2.24, 2.45) is 0 Å². The van der Waals surface area contributed by atoms with Crippen LogP contribution in [0, 0.1) is 6.92 Å². The van der Waals surface area contributed by atoms with Crippen LogP contribution in [-0.2, 0) is 11.3 Å². The van der Waals surface area contributed by atoms with Crippen molar-refractivity contribution in [3.8, 4) is 0 Å². The fourth-order valence-corrected chi connectivity index (χ4v) is 3.28. The lowest BCUT2D eigenvalue weighted by atomic mass is 9.88. The fraction of sp³-hybridized carbons (Fsp3) is 0.529. The summed E-state index contributed by atoms with van der Waals surface area (Å²) < 4.78 is 13.0. The molecule has 7 nitrogen and oxygen atoms in total. The third-order valence-electron chi connectivity index (χ3n) is 4.44.